The second-order valence-corrected chi connectivity index (χ2v) is 5.25. The van der Waals surface area contributed by atoms with Gasteiger partial charge in [-0.15, -0.1) is 11.3 Å². The molecule has 0 spiro atoms. The Morgan fingerprint density at radius 3 is 2.95 bits per heavy atom. The van der Waals surface area contributed by atoms with Gasteiger partial charge in [0.1, 0.15) is 5.56 Å². The van der Waals surface area contributed by atoms with Gasteiger partial charge in [0.25, 0.3) is 5.91 Å². The van der Waals surface area contributed by atoms with Gasteiger partial charge in [0.05, 0.1) is 21.4 Å². The topological polar surface area (TPSA) is 59.8 Å². The van der Waals surface area contributed by atoms with Crippen molar-refractivity contribution in [1.29, 1.82) is 0 Å². The molecule has 0 aliphatic carbocycles. The van der Waals surface area contributed by atoms with Crippen molar-refractivity contribution in [2.24, 2.45) is 7.05 Å². The summed E-state index contributed by atoms with van der Waals surface area (Å²) < 4.78 is 15.9. The Morgan fingerprint density at radius 2 is 2.25 bits per heavy atom. The van der Waals surface area contributed by atoms with Crippen molar-refractivity contribution in [1.82, 2.24) is 14.8 Å². The zero-order chi connectivity index (χ0) is 14.3. The van der Waals surface area contributed by atoms with Gasteiger partial charge in [0.15, 0.2) is 0 Å². The lowest BCUT2D eigenvalue weighted by atomic mass is 10.2. The van der Waals surface area contributed by atoms with Crippen LogP contribution in [0.1, 0.15) is 16.1 Å². The molecule has 0 aliphatic heterocycles. The lowest BCUT2D eigenvalue weighted by molar-refractivity contribution is 0.102. The Kier molecular flexibility index (Phi) is 2.98. The number of aryl methyl sites for hydroxylation is 2. The summed E-state index contributed by atoms with van der Waals surface area (Å²) >= 11 is 1.52. The monoisotopic (exact) mass is 290 g/mol. The summed E-state index contributed by atoms with van der Waals surface area (Å²) in [6, 6.07) is 5.39. The summed E-state index contributed by atoms with van der Waals surface area (Å²) in [7, 11) is 1.46. The van der Waals surface area contributed by atoms with Crippen molar-refractivity contribution >= 4 is 33.1 Å². The predicted molar refractivity (Wildman–Crippen MR) is 75.5 cm³/mol. The third-order valence-electron chi connectivity index (χ3n) is 2.97. The van der Waals surface area contributed by atoms with E-state index < -0.39 is 11.9 Å². The Balaban J connectivity index is 1.91. The summed E-state index contributed by atoms with van der Waals surface area (Å²) in [5, 5.41) is 6.55. The molecule has 0 fully saturated rings. The van der Waals surface area contributed by atoms with Crippen LogP contribution in [0.25, 0.3) is 10.2 Å². The van der Waals surface area contributed by atoms with E-state index in [4.69, 9.17) is 0 Å². The van der Waals surface area contributed by atoms with Gasteiger partial charge in [-0.25, -0.2) is 9.67 Å². The van der Waals surface area contributed by atoms with Crippen LogP contribution in [0.3, 0.4) is 0 Å². The van der Waals surface area contributed by atoms with Gasteiger partial charge in [-0.1, -0.05) is 0 Å². The molecular weight excluding hydrogens is 279 g/mol. The van der Waals surface area contributed by atoms with Crippen molar-refractivity contribution in [3.63, 3.8) is 0 Å². The average Bonchev–Trinajstić information content (AvgIpc) is 2.94. The van der Waals surface area contributed by atoms with Crippen LogP contribution >= 0.6 is 11.3 Å². The maximum absolute atomic E-state index is 13.8. The van der Waals surface area contributed by atoms with Crippen molar-refractivity contribution in [2.45, 2.75) is 6.92 Å². The minimum atomic E-state index is -0.644. The molecule has 3 rings (SSSR count). The molecule has 0 saturated heterocycles. The van der Waals surface area contributed by atoms with Gasteiger partial charge in [0.2, 0.25) is 5.95 Å². The van der Waals surface area contributed by atoms with Gasteiger partial charge in [-0.05, 0) is 25.1 Å². The number of nitrogens with one attached hydrogen (secondary N) is 1. The fourth-order valence-corrected chi connectivity index (χ4v) is 2.68. The molecule has 0 saturated carbocycles. The number of carbonyl (C=O) groups is 1. The first-order valence-corrected chi connectivity index (χ1v) is 6.78. The summed E-state index contributed by atoms with van der Waals surface area (Å²) in [6.45, 7) is 1.60. The largest absolute Gasteiger partial charge is 0.322 e. The predicted octanol–water partition coefficient (Wildman–Crippen LogP) is 2.73. The molecule has 1 N–H and O–H groups in total. The first-order valence-electron chi connectivity index (χ1n) is 5.90. The number of amides is 1. The van der Waals surface area contributed by atoms with E-state index in [0.717, 1.165) is 14.9 Å². The van der Waals surface area contributed by atoms with Crippen LogP contribution in [0.2, 0.25) is 0 Å². The molecular formula is C13H11FN4OS. The van der Waals surface area contributed by atoms with Crippen LogP contribution in [0.5, 0.6) is 0 Å². The quantitative estimate of drug-likeness (QED) is 0.789. The van der Waals surface area contributed by atoms with Crippen LogP contribution in [0, 0.1) is 12.9 Å². The first kappa shape index (κ1) is 12.7. The Hall–Kier alpha value is -2.28. The number of hydrogen-bond donors (Lipinski definition) is 1. The second-order valence-electron chi connectivity index (χ2n) is 4.36. The minimum Gasteiger partial charge on any atom is -0.322 e. The number of hydrogen-bond acceptors (Lipinski definition) is 4. The van der Waals surface area contributed by atoms with Gasteiger partial charge >= 0.3 is 0 Å². The molecule has 0 unspecified atom stereocenters. The number of thiazole rings is 1. The smallest absolute Gasteiger partial charge is 0.262 e. The summed E-state index contributed by atoms with van der Waals surface area (Å²) in [4.78, 5) is 16.3. The highest BCUT2D eigenvalue weighted by Crippen LogP contribution is 2.22. The fraction of sp³-hybridized carbons (Fsp3) is 0.154. The number of anilines is 1. The molecule has 3 aromatic rings. The van der Waals surface area contributed by atoms with Crippen molar-refractivity contribution in [2.75, 3.05) is 5.32 Å². The van der Waals surface area contributed by atoms with Gasteiger partial charge in [0, 0.05) is 12.7 Å². The highest BCUT2D eigenvalue weighted by atomic mass is 32.1. The van der Waals surface area contributed by atoms with Crippen LogP contribution in [0.15, 0.2) is 23.7 Å². The highest BCUT2D eigenvalue weighted by molar-refractivity contribution is 7.16. The van der Waals surface area contributed by atoms with E-state index in [0.29, 0.717) is 11.4 Å². The molecule has 1 aromatic carbocycles. The summed E-state index contributed by atoms with van der Waals surface area (Å²) in [5.41, 5.74) is 3.44. The molecule has 2 heterocycles. The molecule has 20 heavy (non-hydrogen) atoms. The van der Waals surface area contributed by atoms with E-state index in [-0.39, 0.29) is 5.56 Å². The molecule has 5 nitrogen and oxygen atoms in total. The number of rotatable bonds is 2. The van der Waals surface area contributed by atoms with Crippen LogP contribution in [-0.4, -0.2) is 20.7 Å². The SMILES string of the molecule is Cc1nn(C)c(F)c1C(=O)Nc1ccc2scnc2c1. The van der Waals surface area contributed by atoms with E-state index in [1.54, 1.807) is 24.6 Å². The zero-order valence-corrected chi connectivity index (χ0v) is 11.7. The molecule has 0 aliphatic rings. The number of fused-ring (bicyclic) bond motifs is 1. The maximum atomic E-state index is 13.8. The lowest BCUT2D eigenvalue weighted by Gasteiger charge is -2.04. The molecule has 0 bridgehead atoms. The molecule has 1 amide bonds. The number of halogens is 1. The third-order valence-corrected chi connectivity index (χ3v) is 3.78. The first-order chi connectivity index (χ1) is 9.56. The summed E-state index contributed by atoms with van der Waals surface area (Å²) in [6.07, 6.45) is 0. The number of aromatic nitrogens is 3. The zero-order valence-electron chi connectivity index (χ0n) is 10.8. The Morgan fingerprint density at radius 1 is 1.45 bits per heavy atom. The summed E-state index contributed by atoms with van der Waals surface area (Å²) in [5.74, 6) is -1.16. The van der Waals surface area contributed by atoms with Crippen molar-refractivity contribution < 1.29 is 9.18 Å². The van der Waals surface area contributed by atoms with Crippen LogP contribution < -0.4 is 5.32 Å². The number of benzene rings is 1. The normalized spacial score (nSPS) is 10.9. The van der Waals surface area contributed by atoms with Gasteiger partial charge in [-0.2, -0.15) is 9.49 Å². The molecule has 7 heteroatoms. The van der Waals surface area contributed by atoms with Crippen LogP contribution in [0.4, 0.5) is 10.1 Å². The maximum Gasteiger partial charge on any atom is 0.262 e. The van der Waals surface area contributed by atoms with E-state index >= 15 is 0 Å². The number of carbonyl (C=O) groups excluding carboxylic acids is 1. The molecule has 2 aromatic heterocycles. The lowest BCUT2D eigenvalue weighted by Crippen LogP contribution is -2.14. The third kappa shape index (κ3) is 2.05. The van der Waals surface area contributed by atoms with Crippen molar-refractivity contribution in [3.8, 4) is 0 Å². The molecule has 102 valence electrons. The highest BCUT2D eigenvalue weighted by Gasteiger charge is 2.20. The Labute approximate surface area is 118 Å². The second kappa shape index (κ2) is 4.68. The minimum absolute atomic E-state index is 0.0362. The van der Waals surface area contributed by atoms with E-state index in [1.165, 1.54) is 18.4 Å². The van der Waals surface area contributed by atoms with E-state index in [9.17, 15) is 9.18 Å². The molecule has 0 radical (unpaired) electrons. The standard InChI is InChI=1S/C13H11FN4OS/c1-7-11(12(14)18(2)17-7)13(19)16-8-3-4-10-9(5-8)15-6-20-10/h3-6H,1-2H3,(H,16,19). The Bertz CT molecular complexity index is 808. The fourth-order valence-electron chi connectivity index (χ4n) is 2.02. The van der Waals surface area contributed by atoms with E-state index in [2.05, 4.69) is 15.4 Å². The average molecular weight is 290 g/mol. The van der Waals surface area contributed by atoms with Crippen molar-refractivity contribution in [3.05, 3.63) is 40.9 Å². The van der Waals surface area contributed by atoms with Crippen LogP contribution in [-0.2, 0) is 7.05 Å². The van der Waals surface area contributed by atoms with Gasteiger partial charge in [-0.3, -0.25) is 4.79 Å². The van der Waals surface area contributed by atoms with E-state index in [1.807, 2.05) is 6.07 Å². The van der Waals surface area contributed by atoms with Gasteiger partial charge < -0.3 is 5.32 Å². The molecule has 0 atom stereocenters. The number of nitrogens with zero attached hydrogens (tertiary/aromatic N) is 3.